The number of halogens is 2. The number of pyridine rings is 1. The Labute approximate surface area is 262 Å². The second-order valence-corrected chi connectivity index (χ2v) is 11.9. The van der Waals surface area contributed by atoms with E-state index in [0.717, 1.165) is 11.8 Å². The van der Waals surface area contributed by atoms with E-state index in [-0.39, 0.29) is 62.4 Å². The second kappa shape index (κ2) is 12.7. The topological polar surface area (TPSA) is 151 Å². The molecule has 2 aliphatic rings. The van der Waals surface area contributed by atoms with Gasteiger partial charge in [0.05, 0.1) is 23.8 Å². The van der Waals surface area contributed by atoms with Crippen molar-refractivity contribution < 1.29 is 33.0 Å². The van der Waals surface area contributed by atoms with Gasteiger partial charge >= 0.3 is 5.97 Å². The number of ether oxygens (including phenoxy) is 2. The molecule has 1 amide bonds. The maximum Gasteiger partial charge on any atom is 0.326 e. The van der Waals surface area contributed by atoms with E-state index in [4.69, 9.17) is 25.5 Å². The van der Waals surface area contributed by atoms with Gasteiger partial charge in [0.1, 0.15) is 36.0 Å². The molecule has 3 atom stereocenters. The van der Waals surface area contributed by atoms with Crippen LogP contribution in [0.25, 0.3) is 22.1 Å². The molecule has 2 N–H and O–H groups in total. The standard InChI is InChI=1S/C31H33ClFN5O7/c1-18-15-37(10-8-31(18,33)21-13-19(32)14-34-29(21)40)25(39)17-44-12-11-43-16-24-35-26-20-5-2-3-7-23(20)45-27(26)28(36-24)38-9-4-6-22(38)30(41)42/h2-3,5,7,13-14,18,22H,4,6,8-12,15-17H2,1H3,(H,34,40)(H,41,42)/t18-,22-,31?/m0/s1. The normalized spacial score (nSPS) is 22.0. The summed E-state index contributed by atoms with van der Waals surface area (Å²) in [6, 6.07) is 8.08. The highest BCUT2D eigenvalue weighted by Crippen LogP contribution is 2.40. The van der Waals surface area contributed by atoms with E-state index in [1.54, 1.807) is 11.8 Å². The molecule has 12 nitrogen and oxygen atoms in total. The van der Waals surface area contributed by atoms with Gasteiger partial charge in [0.25, 0.3) is 5.56 Å². The minimum atomic E-state index is -1.90. The first-order valence-electron chi connectivity index (χ1n) is 14.8. The minimum Gasteiger partial charge on any atom is -0.480 e. The van der Waals surface area contributed by atoms with Crippen LogP contribution in [-0.2, 0) is 31.3 Å². The Bertz CT molecular complexity index is 1800. The zero-order valence-corrected chi connectivity index (χ0v) is 25.4. The van der Waals surface area contributed by atoms with Crippen molar-refractivity contribution in [2.24, 2.45) is 5.92 Å². The number of amides is 1. The van der Waals surface area contributed by atoms with Crippen molar-refractivity contribution in [1.82, 2.24) is 19.9 Å². The number of carboxylic acid groups (broad SMARTS) is 1. The highest BCUT2D eigenvalue weighted by molar-refractivity contribution is 6.30. The molecule has 0 bridgehead atoms. The first-order chi connectivity index (χ1) is 21.7. The van der Waals surface area contributed by atoms with Crippen LogP contribution in [0, 0.1) is 5.92 Å². The van der Waals surface area contributed by atoms with Crippen molar-refractivity contribution in [1.29, 1.82) is 0 Å². The van der Waals surface area contributed by atoms with E-state index in [0.29, 0.717) is 41.3 Å². The van der Waals surface area contributed by atoms with Crippen LogP contribution in [0.15, 0.2) is 45.7 Å². The fraction of sp³-hybridized carbons (Fsp3) is 0.452. The van der Waals surface area contributed by atoms with Crippen molar-refractivity contribution >= 4 is 51.4 Å². The van der Waals surface area contributed by atoms with Gasteiger partial charge < -0.3 is 33.8 Å². The third-order valence-electron chi connectivity index (χ3n) is 8.58. The van der Waals surface area contributed by atoms with Crippen LogP contribution in [0.2, 0.25) is 5.02 Å². The van der Waals surface area contributed by atoms with Crippen molar-refractivity contribution in [3.8, 4) is 0 Å². The van der Waals surface area contributed by atoms with Gasteiger partial charge in [0.2, 0.25) is 5.91 Å². The van der Waals surface area contributed by atoms with E-state index < -0.39 is 29.2 Å². The number of hydrogen-bond donors (Lipinski definition) is 2. The summed E-state index contributed by atoms with van der Waals surface area (Å²) in [6.07, 6.45) is 2.51. The van der Waals surface area contributed by atoms with Gasteiger partial charge in [-0.15, -0.1) is 0 Å². The number of carbonyl (C=O) groups excluding carboxylic acids is 1. The third kappa shape index (κ3) is 6.11. The summed E-state index contributed by atoms with van der Waals surface area (Å²) in [6.45, 7) is 2.57. The molecular formula is C31H33ClFN5O7. The number of carbonyl (C=O) groups is 2. The molecular weight excluding hydrogens is 609 g/mol. The lowest BCUT2D eigenvalue weighted by Crippen LogP contribution is -2.51. The molecule has 1 aromatic carbocycles. The Morgan fingerprint density at radius 3 is 2.82 bits per heavy atom. The van der Waals surface area contributed by atoms with E-state index in [2.05, 4.69) is 15.0 Å². The number of aliphatic carboxylic acids is 1. The monoisotopic (exact) mass is 641 g/mol. The van der Waals surface area contributed by atoms with E-state index in [1.807, 2.05) is 24.3 Å². The number of furan rings is 1. The summed E-state index contributed by atoms with van der Waals surface area (Å²) in [5.41, 5.74) is -0.811. The summed E-state index contributed by atoms with van der Waals surface area (Å²) in [5, 5.41) is 10.8. The molecule has 1 unspecified atom stereocenters. The Hall–Kier alpha value is -4.07. The molecule has 6 rings (SSSR count). The first kappa shape index (κ1) is 30.9. The summed E-state index contributed by atoms with van der Waals surface area (Å²) in [7, 11) is 0. The number of nitrogens with zero attached hydrogens (tertiary/aromatic N) is 4. The number of H-pyrrole nitrogens is 1. The Morgan fingerprint density at radius 1 is 1.22 bits per heavy atom. The van der Waals surface area contributed by atoms with Crippen LogP contribution in [0.3, 0.4) is 0 Å². The molecule has 0 saturated carbocycles. The molecule has 0 radical (unpaired) electrons. The smallest absolute Gasteiger partial charge is 0.326 e. The Morgan fingerprint density at radius 2 is 2.02 bits per heavy atom. The number of anilines is 1. The summed E-state index contributed by atoms with van der Waals surface area (Å²) in [5.74, 6) is -1.03. The van der Waals surface area contributed by atoms with Crippen LogP contribution < -0.4 is 10.5 Å². The third-order valence-corrected chi connectivity index (χ3v) is 8.79. The summed E-state index contributed by atoms with van der Waals surface area (Å²) < 4.78 is 33.3. The van der Waals surface area contributed by atoms with Crippen LogP contribution >= 0.6 is 11.6 Å². The molecule has 238 valence electrons. The molecule has 2 saturated heterocycles. The summed E-state index contributed by atoms with van der Waals surface area (Å²) >= 11 is 5.98. The number of benzene rings is 1. The SMILES string of the molecule is C[C@H]1CN(C(=O)COCCOCc2nc(N3CCC[C@H]3C(=O)O)c3oc4ccccc4c3n2)CCC1(F)c1cc(Cl)c[nH]c1=O. The van der Waals surface area contributed by atoms with Gasteiger partial charge in [-0.2, -0.15) is 0 Å². The molecule has 4 aromatic rings. The van der Waals surface area contributed by atoms with Crippen LogP contribution in [0.1, 0.15) is 37.6 Å². The van der Waals surface area contributed by atoms with Gasteiger partial charge in [-0.3, -0.25) is 9.59 Å². The van der Waals surface area contributed by atoms with Gasteiger partial charge in [-0.25, -0.2) is 19.2 Å². The maximum absolute atomic E-state index is 15.9. The predicted molar refractivity (Wildman–Crippen MR) is 163 cm³/mol. The van der Waals surface area contributed by atoms with Crippen LogP contribution in [0.5, 0.6) is 0 Å². The molecule has 5 heterocycles. The van der Waals surface area contributed by atoms with Gasteiger partial charge in [-0.1, -0.05) is 30.7 Å². The lowest BCUT2D eigenvalue weighted by molar-refractivity contribution is -0.142. The number of nitrogens with one attached hydrogen (secondary N) is 1. The number of rotatable bonds is 10. The molecule has 0 aliphatic carbocycles. The lowest BCUT2D eigenvalue weighted by atomic mass is 9.79. The fourth-order valence-corrected chi connectivity index (χ4v) is 6.36. The number of para-hydroxylation sites is 1. The number of carboxylic acids is 1. The van der Waals surface area contributed by atoms with Gasteiger partial charge in [-0.05, 0) is 31.0 Å². The highest BCUT2D eigenvalue weighted by atomic mass is 35.5. The van der Waals surface area contributed by atoms with E-state index in [9.17, 15) is 19.5 Å². The number of aromatic amines is 1. The van der Waals surface area contributed by atoms with Gasteiger partial charge in [0, 0.05) is 43.6 Å². The molecule has 3 aromatic heterocycles. The molecule has 2 aliphatic heterocycles. The van der Waals surface area contributed by atoms with E-state index in [1.165, 1.54) is 17.2 Å². The van der Waals surface area contributed by atoms with Crippen molar-refractivity contribution in [2.75, 3.05) is 44.4 Å². The van der Waals surface area contributed by atoms with Crippen LogP contribution in [0.4, 0.5) is 10.2 Å². The first-order valence-corrected chi connectivity index (χ1v) is 15.2. The average Bonchev–Trinajstić information content (AvgIpc) is 3.67. The van der Waals surface area contributed by atoms with E-state index >= 15 is 4.39 Å². The number of fused-ring (bicyclic) bond motifs is 3. The molecule has 2 fully saturated rings. The molecule has 0 spiro atoms. The molecule has 45 heavy (non-hydrogen) atoms. The van der Waals surface area contributed by atoms with Crippen molar-refractivity contribution in [3.63, 3.8) is 0 Å². The Kier molecular flexibility index (Phi) is 8.76. The predicted octanol–water partition coefficient (Wildman–Crippen LogP) is 4.04. The number of likely N-dealkylation sites (tertiary alicyclic amines) is 1. The Balaban J connectivity index is 1.04. The fourth-order valence-electron chi connectivity index (χ4n) is 6.19. The minimum absolute atomic E-state index is 0.0265. The number of aromatic nitrogens is 3. The van der Waals surface area contributed by atoms with Crippen LogP contribution in [-0.4, -0.2) is 82.3 Å². The van der Waals surface area contributed by atoms with Crippen molar-refractivity contribution in [2.45, 2.75) is 44.5 Å². The quantitative estimate of drug-likeness (QED) is 0.243. The zero-order valence-electron chi connectivity index (χ0n) is 24.6. The lowest BCUT2D eigenvalue weighted by Gasteiger charge is -2.41. The highest BCUT2D eigenvalue weighted by Gasteiger charge is 2.45. The summed E-state index contributed by atoms with van der Waals surface area (Å²) in [4.78, 5) is 52.0. The molecule has 14 heteroatoms. The number of piperidine rings is 1. The van der Waals surface area contributed by atoms with Crippen molar-refractivity contribution in [3.05, 3.63) is 63.3 Å². The number of alkyl halides is 1. The second-order valence-electron chi connectivity index (χ2n) is 11.4. The average molecular weight is 642 g/mol. The largest absolute Gasteiger partial charge is 0.480 e. The van der Waals surface area contributed by atoms with Gasteiger partial charge in [0.15, 0.2) is 17.2 Å². The maximum atomic E-state index is 15.9. The zero-order chi connectivity index (χ0) is 31.7. The number of hydrogen-bond acceptors (Lipinski definition) is 9.